The second-order valence-corrected chi connectivity index (χ2v) is 9.15. The number of halogens is 2. The first-order chi connectivity index (χ1) is 16.0. The number of aromatic nitrogens is 2. The number of piperidine rings is 1. The molecule has 1 fully saturated rings. The summed E-state index contributed by atoms with van der Waals surface area (Å²) in [7, 11) is 0. The van der Waals surface area contributed by atoms with E-state index in [0.29, 0.717) is 45.6 Å². The van der Waals surface area contributed by atoms with Gasteiger partial charge in [0.25, 0.3) is 0 Å². The summed E-state index contributed by atoms with van der Waals surface area (Å²) in [6, 6.07) is 10.5. The zero-order chi connectivity index (χ0) is 23.4. The Kier molecular flexibility index (Phi) is 7.86. The molecule has 3 N–H and O–H groups in total. The van der Waals surface area contributed by atoms with Crippen LogP contribution in [0, 0.1) is 5.92 Å². The van der Waals surface area contributed by atoms with E-state index < -0.39 is 6.10 Å². The number of hydrogen-bond acceptors (Lipinski definition) is 5. The molecule has 0 bridgehead atoms. The van der Waals surface area contributed by atoms with Crippen molar-refractivity contribution in [3.05, 3.63) is 56.9 Å². The number of para-hydroxylation sites is 2. The second-order valence-electron chi connectivity index (χ2n) is 8.34. The van der Waals surface area contributed by atoms with Crippen molar-refractivity contribution in [2.75, 3.05) is 26.3 Å². The van der Waals surface area contributed by atoms with E-state index in [1.165, 1.54) is 0 Å². The van der Waals surface area contributed by atoms with E-state index in [4.69, 9.17) is 32.7 Å². The quantitative estimate of drug-likeness (QED) is 0.410. The van der Waals surface area contributed by atoms with Crippen LogP contribution in [0.2, 0.25) is 10.0 Å². The lowest BCUT2D eigenvalue weighted by Gasteiger charge is -2.33. The summed E-state index contributed by atoms with van der Waals surface area (Å²) in [5.74, 6) is 1.40. The Hall–Kier alpha value is -2.19. The van der Waals surface area contributed by atoms with Gasteiger partial charge in [-0.25, -0.2) is 4.79 Å². The number of aliphatic hydroxyl groups is 1. The lowest BCUT2D eigenvalue weighted by atomic mass is 9.88. The van der Waals surface area contributed by atoms with Gasteiger partial charge in [-0.1, -0.05) is 35.3 Å². The van der Waals surface area contributed by atoms with Crippen molar-refractivity contribution >= 4 is 34.2 Å². The van der Waals surface area contributed by atoms with Crippen LogP contribution in [-0.4, -0.2) is 47.1 Å². The molecule has 3 atom stereocenters. The molecule has 1 saturated heterocycles. The van der Waals surface area contributed by atoms with Crippen molar-refractivity contribution in [1.82, 2.24) is 14.9 Å². The summed E-state index contributed by atoms with van der Waals surface area (Å²) in [4.78, 5) is 15.9. The number of ether oxygens (including phenoxy) is 2. The number of hydrogen-bond donors (Lipinski definition) is 3. The van der Waals surface area contributed by atoms with Crippen molar-refractivity contribution in [1.29, 1.82) is 0 Å². The van der Waals surface area contributed by atoms with Crippen molar-refractivity contribution in [2.45, 2.75) is 38.3 Å². The minimum Gasteiger partial charge on any atom is -0.490 e. The Morgan fingerprint density at radius 3 is 2.61 bits per heavy atom. The maximum atomic E-state index is 13.0. The van der Waals surface area contributed by atoms with Gasteiger partial charge >= 0.3 is 5.69 Å². The molecule has 2 aromatic carbocycles. The summed E-state index contributed by atoms with van der Waals surface area (Å²) in [5.41, 5.74) is 1.06. The van der Waals surface area contributed by atoms with Crippen LogP contribution < -0.4 is 20.5 Å². The highest BCUT2D eigenvalue weighted by Crippen LogP contribution is 2.34. The number of nitrogens with one attached hydrogen (secondary N) is 2. The number of H-pyrrole nitrogens is 1. The van der Waals surface area contributed by atoms with E-state index in [9.17, 15) is 9.90 Å². The fraction of sp³-hybridized carbons (Fsp3) is 0.458. The molecule has 3 aromatic rings. The second kappa shape index (κ2) is 10.8. The van der Waals surface area contributed by atoms with Crippen LogP contribution in [0.15, 0.2) is 41.2 Å². The zero-order valence-electron chi connectivity index (χ0n) is 18.5. The molecule has 33 heavy (non-hydrogen) atoms. The van der Waals surface area contributed by atoms with Crippen LogP contribution in [0.3, 0.4) is 0 Å². The van der Waals surface area contributed by atoms with Gasteiger partial charge in [0.15, 0.2) is 11.5 Å². The lowest BCUT2D eigenvalue weighted by molar-refractivity contribution is 0.0715. The molecule has 0 amide bonds. The molecule has 1 aromatic heterocycles. The number of rotatable bonds is 9. The minimum absolute atomic E-state index is 0.0877. The molecule has 0 radical (unpaired) electrons. The Bertz CT molecular complexity index is 1140. The van der Waals surface area contributed by atoms with E-state index >= 15 is 0 Å². The predicted molar refractivity (Wildman–Crippen MR) is 131 cm³/mol. The fourth-order valence-electron chi connectivity index (χ4n) is 4.54. The van der Waals surface area contributed by atoms with Gasteiger partial charge in [0.1, 0.15) is 6.61 Å². The summed E-state index contributed by atoms with van der Waals surface area (Å²) in [5, 5.41) is 15.1. The standard InChI is InChI=1S/C24H29Cl2N3O4/c1-2-32-22-7-3-4-8-23(22)33-14-16(30)10-20(15-6-5-9-27-13-15)29-21-12-18(26)17(25)11-19(21)28-24(29)31/h3-4,7-8,11-12,15-16,20,27,30H,2,5-6,9-10,13-14H2,1H3,(H,28,31). The smallest absolute Gasteiger partial charge is 0.326 e. The molecule has 178 valence electrons. The van der Waals surface area contributed by atoms with Gasteiger partial charge in [-0.2, -0.15) is 0 Å². The SMILES string of the molecule is CCOc1ccccc1OCC(O)CC(C1CCCNC1)n1c(=O)[nH]c2cc(Cl)c(Cl)cc21. The van der Waals surface area contributed by atoms with Crippen molar-refractivity contribution in [3.63, 3.8) is 0 Å². The van der Waals surface area contributed by atoms with E-state index in [1.807, 2.05) is 31.2 Å². The average Bonchev–Trinajstić information content (AvgIpc) is 3.12. The van der Waals surface area contributed by atoms with Gasteiger partial charge in [-0.3, -0.25) is 4.57 Å². The first-order valence-electron chi connectivity index (χ1n) is 11.3. The molecule has 3 unspecified atom stereocenters. The van der Waals surface area contributed by atoms with Crippen LogP contribution in [0.25, 0.3) is 11.0 Å². The molecule has 2 heterocycles. The number of aromatic amines is 1. The molecule has 0 aliphatic carbocycles. The van der Waals surface area contributed by atoms with Crippen LogP contribution in [0.5, 0.6) is 11.5 Å². The number of aliphatic hydroxyl groups excluding tert-OH is 1. The molecule has 0 saturated carbocycles. The highest BCUT2D eigenvalue weighted by molar-refractivity contribution is 6.42. The molecular formula is C24H29Cl2N3O4. The normalized spacial score (nSPS) is 18.2. The topological polar surface area (TPSA) is 88.5 Å². The van der Waals surface area contributed by atoms with Gasteiger partial charge < -0.3 is 24.9 Å². The first-order valence-corrected chi connectivity index (χ1v) is 12.1. The summed E-state index contributed by atoms with van der Waals surface area (Å²) >= 11 is 12.4. The highest BCUT2D eigenvalue weighted by atomic mass is 35.5. The van der Waals surface area contributed by atoms with E-state index in [-0.39, 0.29) is 24.3 Å². The van der Waals surface area contributed by atoms with Crippen LogP contribution in [-0.2, 0) is 0 Å². The number of benzene rings is 2. The predicted octanol–water partition coefficient (Wildman–Crippen LogP) is 4.41. The Morgan fingerprint density at radius 2 is 1.91 bits per heavy atom. The van der Waals surface area contributed by atoms with Gasteiger partial charge in [-0.15, -0.1) is 0 Å². The van der Waals surface area contributed by atoms with E-state index in [1.54, 1.807) is 16.7 Å². The summed E-state index contributed by atoms with van der Waals surface area (Å²) in [6.07, 6.45) is 1.54. The summed E-state index contributed by atoms with van der Waals surface area (Å²) < 4.78 is 13.2. The van der Waals surface area contributed by atoms with Crippen LogP contribution >= 0.6 is 23.2 Å². The zero-order valence-corrected chi connectivity index (χ0v) is 20.0. The fourth-order valence-corrected chi connectivity index (χ4v) is 4.86. The van der Waals surface area contributed by atoms with Crippen molar-refractivity contribution in [2.24, 2.45) is 5.92 Å². The van der Waals surface area contributed by atoms with Crippen molar-refractivity contribution in [3.8, 4) is 11.5 Å². The van der Waals surface area contributed by atoms with Crippen molar-refractivity contribution < 1.29 is 14.6 Å². The molecule has 7 nitrogen and oxygen atoms in total. The Labute approximate surface area is 202 Å². The highest BCUT2D eigenvalue weighted by Gasteiger charge is 2.30. The average molecular weight is 494 g/mol. The number of imidazole rings is 1. The third-order valence-corrected chi connectivity index (χ3v) is 6.79. The van der Waals surface area contributed by atoms with Gasteiger partial charge in [0.2, 0.25) is 0 Å². The lowest BCUT2D eigenvalue weighted by Crippen LogP contribution is -2.39. The first kappa shape index (κ1) is 24.0. The summed E-state index contributed by atoms with van der Waals surface area (Å²) in [6.45, 7) is 4.24. The molecule has 1 aliphatic rings. The van der Waals surface area contributed by atoms with Gasteiger partial charge in [-0.05, 0) is 69.5 Å². The van der Waals surface area contributed by atoms with E-state index in [0.717, 1.165) is 25.9 Å². The minimum atomic E-state index is -0.786. The maximum absolute atomic E-state index is 13.0. The maximum Gasteiger partial charge on any atom is 0.326 e. The molecule has 9 heteroatoms. The molecule has 1 aliphatic heterocycles. The number of nitrogens with zero attached hydrogens (tertiary/aromatic N) is 1. The van der Waals surface area contributed by atoms with Gasteiger partial charge in [0.05, 0.1) is 33.8 Å². The molecule has 0 spiro atoms. The molecule has 4 rings (SSSR count). The third kappa shape index (κ3) is 5.49. The van der Waals surface area contributed by atoms with Gasteiger partial charge in [0, 0.05) is 6.04 Å². The monoisotopic (exact) mass is 493 g/mol. The van der Waals surface area contributed by atoms with E-state index in [2.05, 4.69) is 10.3 Å². The third-order valence-electron chi connectivity index (χ3n) is 6.06. The number of fused-ring (bicyclic) bond motifs is 1. The Balaban J connectivity index is 1.59. The Morgan fingerprint density at radius 1 is 1.18 bits per heavy atom. The van der Waals surface area contributed by atoms with Crippen LogP contribution in [0.4, 0.5) is 0 Å². The largest absolute Gasteiger partial charge is 0.490 e. The molecular weight excluding hydrogens is 465 g/mol. The van der Waals surface area contributed by atoms with Crippen LogP contribution in [0.1, 0.15) is 32.2 Å².